The summed E-state index contributed by atoms with van der Waals surface area (Å²) in [5.74, 6) is 1.01. The number of nitrogens with zero attached hydrogens (tertiary/aromatic N) is 1. The van der Waals surface area contributed by atoms with E-state index in [0.717, 1.165) is 38.9 Å². The lowest BCUT2D eigenvalue weighted by molar-refractivity contribution is 0.185. The van der Waals surface area contributed by atoms with E-state index < -0.39 is 0 Å². The van der Waals surface area contributed by atoms with E-state index in [1.54, 1.807) is 0 Å². The largest absolute Gasteiger partial charge is 0.502 e. The zero-order valence-electron chi connectivity index (χ0n) is 12.1. The van der Waals surface area contributed by atoms with Gasteiger partial charge in [-0.05, 0) is 44.8 Å². The quantitative estimate of drug-likeness (QED) is 0.828. The first kappa shape index (κ1) is 15.1. The highest BCUT2D eigenvalue weighted by Crippen LogP contribution is 2.16. The van der Waals surface area contributed by atoms with Crippen molar-refractivity contribution in [1.82, 2.24) is 10.2 Å². The lowest BCUT2D eigenvalue weighted by atomic mass is 9.97. The van der Waals surface area contributed by atoms with Gasteiger partial charge in [0.1, 0.15) is 12.0 Å². The van der Waals surface area contributed by atoms with Crippen LogP contribution in [0.1, 0.15) is 31.9 Å². The third kappa shape index (κ3) is 4.35. The van der Waals surface area contributed by atoms with Crippen molar-refractivity contribution in [3.05, 3.63) is 28.3 Å². The summed E-state index contributed by atoms with van der Waals surface area (Å²) in [6.07, 6.45) is 4.62. The fourth-order valence-electron chi connectivity index (χ4n) is 2.73. The van der Waals surface area contributed by atoms with Gasteiger partial charge in [0.15, 0.2) is 5.75 Å². The Morgan fingerprint density at radius 2 is 2.20 bits per heavy atom. The van der Waals surface area contributed by atoms with Crippen LogP contribution in [0.5, 0.6) is 5.75 Å². The molecular formula is C15H24N2O3. The monoisotopic (exact) mass is 280 g/mol. The van der Waals surface area contributed by atoms with E-state index in [0.29, 0.717) is 18.2 Å². The minimum atomic E-state index is -0.371. The molecular weight excluding hydrogens is 256 g/mol. The molecule has 0 aliphatic carbocycles. The summed E-state index contributed by atoms with van der Waals surface area (Å²) in [7, 11) is 0. The summed E-state index contributed by atoms with van der Waals surface area (Å²) in [6.45, 7) is 7.02. The first-order valence-corrected chi connectivity index (χ1v) is 7.42. The molecule has 1 aliphatic heterocycles. The normalized spacial score (nSPS) is 16.7. The molecule has 2 N–H and O–H groups in total. The Hall–Kier alpha value is -1.33. The Morgan fingerprint density at radius 1 is 1.45 bits per heavy atom. The molecule has 5 nitrogen and oxygen atoms in total. The van der Waals surface area contributed by atoms with Gasteiger partial charge < -0.3 is 14.8 Å². The summed E-state index contributed by atoms with van der Waals surface area (Å²) in [5, 5.41) is 12.6. The van der Waals surface area contributed by atoms with E-state index in [2.05, 4.69) is 17.1 Å². The Balaban J connectivity index is 1.96. The molecule has 1 fully saturated rings. The highest BCUT2D eigenvalue weighted by atomic mass is 16.4. The predicted octanol–water partition coefficient (Wildman–Crippen LogP) is 1.56. The molecule has 112 valence electrons. The number of hydrogen-bond acceptors (Lipinski definition) is 5. The van der Waals surface area contributed by atoms with Gasteiger partial charge >= 0.3 is 0 Å². The van der Waals surface area contributed by atoms with Crippen molar-refractivity contribution in [2.75, 3.05) is 26.2 Å². The summed E-state index contributed by atoms with van der Waals surface area (Å²) in [5.41, 5.74) is -0.371. The van der Waals surface area contributed by atoms with E-state index in [1.165, 1.54) is 18.9 Å². The topological polar surface area (TPSA) is 65.7 Å². The van der Waals surface area contributed by atoms with Gasteiger partial charge in [-0.15, -0.1) is 0 Å². The maximum Gasteiger partial charge on any atom is 0.226 e. The molecule has 2 heterocycles. The molecule has 1 aromatic rings. The maximum absolute atomic E-state index is 11.4. The first-order chi connectivity index (χ1) is 9.69. The zero-order valence-corrected chi connectivity index (χ0v) is 12.1. The van der Waals surface area contributed by atoms with Gasteiger partial charge in [0.2, 0.25) is 5.43 Å². The summed E-state index contributed by atoms with van der Waals surface area (Å²) >= 11 is 0. The van der Waals surface area contributed by atoms with Crippen molar-refractivity contribution < 1.29 is 9.52 Å². The zero-order chi connectivity index (χ0) is 14.4. The summed E-state index contributed by atoms with van der Waals surface area (Å²) in [4.78, 5) is 13.8. The molecule has 0 radical (unpaired) electrons. The second kappa shape index (κ2) is 7.45. The molecule has 0 spiro atoms. The average molecular weight is 280 g/mol. The van der Waals surface area contributed by atoms with E-state index in [1.807, 2.05) is 0 Å². The fourth-order valence-corrected chi connectivity index (χ4v) is 2.73. The van der Waals surface area contributed by atoms with Crippen LogP contribution in [-0.4, -0.2) is 36.2 Å². The van der Waals surface area contributed by atoms with Crippen LogP contribution < -0.4 is 10.7 Å². The van der Waals surface area contributed by atoms with E-state index in [9.17, 15) is 9.90 Å². The first-order valence-electron chi connectivity index (χ1n) is 7.42. The average Bonchev–Trinajstić information content (AvgIpc) is 2.44. The second-order valence-corrected chi connectivity index (χ2v) is 5.52. The van der Waals surface area contributed by atoms with Crippen molar-refractivity contribution in [2.24, 2.45) is 5.92 Å². The third-order valence-corrected chi connectivity index (χ3v) is 3.76. The van der Waals surface area contributed by atoms with Crippen LogP contribution >= 0.6 is 0 Å². The van der Waals surface area contributed by atoms with Crippen molar-refractivity contribution in [3.63, 3.8) is 0 Å². The lowest BCUT2D eigenvalue weighted by Crippen LogP contribution is -2.36. The third-order valence-electron chi connectivity index (χ3n) is 3.76. The smallest absolute Gasteiger partial charge is 0.226 e. The minimum absolute atomic E-state index is 0.325. The van der Waals surface area contributed by atoms with E-state index in [4.69, 9.17) is 4.42 Å². The maximum atomic E-state index is 11.4. The van der Waals surface area contributed by atoms with Gasteiger partial charge in [-0.3, -0.25) is 9.69 Å². The van der Waals surface area contributed by atoms with Crippen LogP contribution in [0.2, 0.25) is 0 Å². The summed E-state index contributed by atoms with van der Waals surface area (Å²) < 4.78 is 5.30. The molecule has 1 aliphatic rings. The van der Waals surface area contributed by atoms with Gasteiger partial charge in [0, 0.05) is 12.6 Å². The molecule has 0 saturated carbocycles. The Labute approximate surface area is 119 Å². The summed E-state index contributed by atoms with van der Waals surface area (Å²) in [6, 6.07) is 1.39. The fraction of sp³-hybridized carbons (Fsp3) is 0.667. The molecule has 0 aromatic carbocycles. The molecule has 0 atom stereocenters. The highest BCUT2D eigenvalue weighted by Gasteiger charge is 2.17. The number of rotatable bonds is 6. The lowest BCUT2D eigenvalue weighted by Gasteiger charge is -2.29. The molecule has 0 bridgehead atoms. The van der Waals surface area contributed by atoms with E-state index in [-0.39, 0.29) is 11.2 Å². The molecule has 5 heteroatoms. The minimum Gasteiger partial charge on any atom is -0.502 e. The van der Waals surface area contributed by atoms with Gasteiger partial charge in [-0.1, -0.05) is 6.92 Å². The molecule has 1 saturated heterocycles. The number of piperidine rings is 1. The molecule has 0 unspecified atom stereocenters. The Kier molecular flexibility index (Phi) is 5.61. The van der Waals surface area contributed by atoms with Crippen LogP contribution in [0, 0.1) is 5.92 Å². The van der Waals surface area contributed by atoms with Gasteiger partial charge in [-0.2, -0.15) is 0 Å². The van der Waals surface area contributed by atoms with E-state index >= 15 is 0 Å². The van der Waals surface area contributed by atoms with Crippen LogP contribution in [0.4, 0.5) is 0 Å². The SMILES string of the molecule is CCCN(Cc1cc(=O)c(O)co1)CC1CCNCC1. The van der Waals surface area contributed by atoms with Crippen LogP contribution in [0.25, 0.3) is 0 Å². The van der Waals surface area contributed by atoms with Gasteiger partial charge in [-0.25, -0.2) is 0 Å². The molecule has 0 amide bonds. The predicted molar refractivity (Wildman–Crippen MR) is 77.8 cm³/mol. The Bertz CT molecular complexity index is 466. The molecule has 1 aromatic heterocycles. The van der Waals surface area contributed by atoms with Crippen LogP contribution in [-0.2, 0) is 6.54 Å². The number of hydrogen-bond donors (Lipinski definition) is 2. The van der Waals surface area contributed by atoms with Crippen molar-refractivity contribution in [1.29, 1.82) is 0 Å². The molecule has 2 rings (SSSR count). The van der Waals surface area contributed by atoms with Crippen molar-refractivity contribution in [2.45, 2.75) is 32.7 Å². The second-order valence-electron chi connectivity index (χ2n) is 5.52. The Morgan fingerprint density at radius 3 is 2.85 bits per heavy atom. The van der Waals surface area contributed by atoms with Crippen molar-refractivity contribution >= 4 is 0 Å². The standard InChI is InChI=1S/C15H24N2O3/c1-2-7-17(9-12-3-5-16-6-4-12)10-13-8-14(18)15(19)11-20-13/h8,11-12,16,19H,2-7,9-10H2,1H3. The number of aromatic hydroxyl groups is 1. The van der Waals surface area contributed by atoms with Crippen molar-refractivity contribution in [3.8, 4) is 5.75 Å². The van der Waals surface area contributed by atoms with Gasteiger partial charge in [0.05, 0.1) is 6.54 Å². The van der Waals surface area contributed by atoms with Crippen LogP contribution in [0.15, 0.2) is 21.5 Å². The van der Waals surface area contributed by atoms with Gasteiger partial charge in [0.25, 0.3) is 0 Å². The molecule has 20 heavy (non-hydrogen) atoms. The highest BCUT2D eigenvalue weighted by molar-refractivity contribution is 5.15. The number of nitrogens with one attached hydrogen (secondary N) is 1. The van der Waals surface area contributed by atoms with Crippen LogP contribution in [0.3, 0.4) is 0 Å².